The molecule has 2 atom stereocenters. The molecule has 7 heteroatoms. The third-order valence-electron chi connectivity index (χ3n) is 6.37. The van der Waals surface area contributed by atoms with E-state index in [2.05, 4.69) is 4.98 Å². The Hall–Kier alpha value is -2.96. The van der Waals surface area contributed by atoms with E-state index in [9.17, 15) is 14.4 Å². The van der Waals surface area contributed by atoms with Gasteiger partial charge in [-0.2, -0.15) is 0 Å². The van der Waals surface area contributed by atoms with E-state index in [1.807, 2.05) is 43.0 Å². The summed E-state index contributed by atoms with van der Waals surface area (Å²) in [6.45, 7) is 7.64. The van der Waals surface area contributed by atoms with E-state index >= 15 is 0 Å². The molecule has 1 saturated heterocycles. The van der Waals surface area contributed by atoms with Crippen molar-refractivity contribution in [1.29, 1.82) is 0 Å². The van der Waals surface area contributed by atoms with Crippen molar-refractivity contribution in [3.63, 3.8) is 0 Å². The molecule has 0 spiro atoms. The Morgan fingerprint density at radius 3 is 2.60 bits per heavy atom. The first kappa shape index (κ1) is 20.3. The van der Waals surface area contributed by atoms with Gasteiger partial charge in [0.2, 0.25) is 11.8 Å². The number of carbonyl (C=O) groups excluding carboxylic acids is 2. The van der Waals surface area contributed by atoms with Gasteiger partial charge in [-0.05, 0) is 32.3 Å². The molecule has 3 heterocycles. The molecular weight excluding hydrogens is 380 g/mol. The summed E-state index contributed by atoms with van der Waals surface area (Å²) in [5.41, 5.74) is 3.43. The van der Waals surface area contributed by atoms with Gasteiger partial charge in [-0.1, -0.05) is 29.8 Å². The Morgan fingerprint density at radius 1 is 1.17 bits per heavy atom. The highest BCUT2D eigenvalue weighted by Crippen LogP contribution is 2.28. The molecule has 2 aromatic rings. The number of carbonyl (C=O) groups is 2. The van der Waals surface area contributed by atoms with Gasteiger partial charge in [0.05, 0.1) is 18.2 Å². The van der Waals surface area contributed by atoms with E-state index in [1.165, 1.54) is 12.5 Å². The van der Waals surface area contributed by atoms with Gasteiger partial charge in [0.25, 0.3) is 5.56 Å². The largest absolute Gasteiger partial charge is 0.341 e. The predicted octanol–water partition coefficient (Wildman–Crippen LogP) is 2.10. The Balaban J connectivity index is 1.49. The number of fused-ring (bicyclic) bond motifs is 1. The van der Waals surface area contributed by atoms with E-state index in [-0.39, 0.29) is 29.2 Å². The minimum atomic E-state index is -0.205. The average Bonchev–Trinajstić information content (AvgIpc) is 3.23. The Kier molecular flexibility index (Phi) is 5.45. The van der Waals surface area contributed by atoms with Crippen molar-refractivity contribution in [1.82, 2.24) is 19.8 Å². The molecule has 1 N–H and O–H groups in total. The molecule has 4 rings (SSSR count). The lowest BCUT2D eigenvalue weighted by atomic mass is 9.98. The predicted molar refractivity (Wildman–Crippen MR) is 113 cm³/mol. The Bertz CT molecular complexity index is 1030. The smallest absolute Gasteiger partial charge is 0.254 e. The van der Waals surface area contributed by atoms with Crippen LogP contribution in [0.1, 0.15) is 60.3 Å². The van der Waals surface area contributed by atoms with E-state index in [0.717, 1.165) is 12.0 Å². The number of rotatable bonds is 3. The summed E-state index contributed by atoms with van der Waals surface area (Å²) < 4.78 is 0. The molecule has 0 aliphatic carbocycles. The fourth-order valence-electron chi connectivity index (χ4n) is 4.38. The first-order chi connectivity index (χ1) is 14.3. The summed E-state index contributed by atoms with van der Waals surface area (Å²) in [6.07, 6.45) is 1.30. The first-order valence-electron chi connectivity index (χ1n) is 10.6. The van der Waals surface area contributed by atoms with Crippen LogP contribution in [0.3, 0.4) is 0 Å². The number of aromatic nitrogens is 2. The van der Waals surface area contributed by atoms with Gasteiger partial charge in [0.15, 0.2) is 0 Å². The molecule has 7 nitrogen and oxygen atoms in total. The van der Waals surface area contributed by atoms with Crippen LogP contribution < -0.4 is 5.56 Å². The lowest BCUT2D eigenvalue weighted by molar-refractivity contribution is -0.131. The molecule has 2 aliphatic heterocycles. The number of nitrogens with zero attached hydrogens (tertiary/aromatic N) is 3. The molecule has 0 radical (unpaired) electrons. The van der Waals surface area contributed by atoms with Crippen molar-refractivity contribution in [2.75, 3.05) is 19.6 Å². The summed E-state index contributed by atoms with van der Waals surface area (Å²) in [4.78, 5) is 48.5. The van der Waals surface area contributed by atoms with E-state index in [4.69, 9.17) is 4.98 Å². The van der Waals surface area contributed by atoms with Crippen molar-refractivity contribution in [2.24, 2.45) is 0 Å². The van der Waals surface area contributed by atoms with E-state index in [0.29, 0.717) is 49.7 Å². The SMILES string of the molecule is CC(=O)N1CCc2c(nc([C@@H]3CCN(C(=O)[C@H](C)c4ccc(C)cc4)C3)[nH]c2=O)C1. The van der Waals surface area contributed by atoms with Crippen LogP contribution in [0.15, 0.2) is 29.1 Å². The van der Waals surface area contributed by atoms with Gasteiger partial charge in [-0.25, -0.2) is 4.98 Å². The van der Waals surface area contributed by atoms with Crippen molar-refractivity contribution >= 4 is 11.8 Å². The highest BCUT2D eigenvalue weighted by atomic mass is 16.2. The van der Waals surface area contributed by atoms with E-state index in [1.54, 1.807) is 4.90 Å². The fourth-order valence-corrected chi connectivity index (χ4v) is 4.38. The van der Waals surface area contributed by atoms with Crippen molar-refractivity contribution in [3.05, 3.63) is 62.8 Å². The Labute approximate surface area is 176 Å². The van der Waals surface area contributed by atoms with Gasteiger partial charge in [0, 0.05) is 38.0 Å². The average molecular weight is 409 g/mol. The lowest BCUT2D eigenvalue weighted by Gasteiger charge is -2.27. The molecule has 2 amide bonds. The summed E-state index contributed by atoms with van der Waals surface area (Å²) >= 11 is 0. The number of amides is 2. The molecule has 2 aliphatic rings. The topological polar surface area (TPSA) is 86.4 Å². The van der Waals surface area contributed by atoms with Crippen molar-refractivity contribution in [2.45, 2.75) is 52.0 Å². The number of aromatic amines is 1. The lowest BCUT2D eigenvalue weighted by Crippen LogP contribution is -2.38. The molecule has 158 valence electrons. The summed E-state index contributed by atoms with van der Waals surface area (Å²) in [5.74, 6) is 0.521. The quantitative estimate of drug-likeness (QED) is 0.843. The molecule has 0 unspecified atom stereocenters. The number of benzene rings is 1. The van der Waals surface area contributed by atoms with Gasteiger partial charge >= 0.3 is 0 Å². The first-order valence-corrected chi connectivity index (χ1v) is 10.6. The normalized spacial score (nSPS) is 19.5. The molecule has 0 saturated carbocycles. The minimum absolute atomic E-state index is 0.00451. The maximum absolute atomic E-state index is 13.0. The maximum atomic E-state index is 13.0. The van der Waals surface area contributed by atoms with Crippen LogP contribution in [-0.4, -0.2) is 51.2 Å². The van der Waals surface area contributed by atoms with Crippen molar-refractivity contribution < 1.29 is 9.59 Å². The third kappa shape index (κ3) is 3.88. The van der Waals surface area contributed by atoms with Crippen LogP contribution in [0.4, 0.5) is 0 Å². The molecule has 1 aromatic carbocycles. The number of hydrogen-bond donors (Lipinski definition) is 1. The van der Waals surface area contributed by atoms with Crippen LogP contribution in [-0.2, 0) is 22.6 Å². The maximum Gasteiger partial charge on any atom is 0.254 e. The molecule has 1 fully saturated rings. The number of likely N-dealkylation sites (tertiary alicyclic amines) is 1. The monoisotopic (exact) mass is 408 g/mol. The summed E-state index contributed by atoms with van der Waals surface area (Å²) in [6, 6.07) is 8.07. The second-order valence-corrected chi connectivity index (χ2v) is 8.47. The van der Waals surface area contributed by atoms with Crippen LogP contribution >= 0.6 is 0 Å². The molecule has 1 aromatic heterocycles. The number of H-pyrrole nitrogens is 1. The number of aryl methyl sites for hydroxylation is 1. The molecular formula is C23H28N4O3. The van der Waals surface area contributed by atoms with Gasteiger partial charge in [-0.3, -0.25) is 14.4 Å². The van der Waals surface area contributed by atoms with Gasteiger partial charge in [-0.15, -0.1) is 0 Å². The summed E-state index contributed by atoms with van der Waals surface area (Å²) in [7, 11) is 0. The van der Waals surface area contributed by atoms with Crippen LogP contribution in [0.5, 0.6) is 0 Å². The fraction of sp³-hybridized carbons (Fsp3) is 0.478. The van der Waals surface area contributed by atoms with Crippen LogP contribution in [0, 0.1) is 6.92 Å². The highest BCUT2D eigenvalue weighted by Gasteiger charge is 2.32. The number of hydrogen-bond acceptors (Lipinski definition) is 4. The zero-order valence-corrected chi connectivity index (χ0v) is 17.8. The van der Waals surface area contributed by atoms with Gasteiger partial charge in [0.1, 0.15) is 5.82 Å². The molecule has 0 bridgehead atoms. The van der Waals surface area contributed by atoms with Gasteiger partial charge < -0.3 is 14.8 Å². The van der Waals surface area contributed by atoms with Crippen LogP contribution in [0.2, 0.25) is 0 Å². The minimum Gasteiger partial charge on any atom is -0.341 e. The standard InChI is InChI=1S/C23H28N4O3/c1-14-4-6-17(7-5-14)15(2)23(30)27-10-8-18(12-27)21-24-20-13-26(16(3)28)11-9-19(20)22(29)25-21/h4-7,15,18H,8-13H2,1-3H3,(H,24,25,29)/t15-,18-/m1/s1. The highest BCUT2D eigenvalue weighted by molar-refractivity contribution is 5.83. The zero-order valence-electron chi connectivity index (χ0n) is 17.8. The van der Waals surface area contributed by atoms with E-state index < -0.39 is 0 Å². The third-order valence-corrected chi connectivity index (χ3v) is 6.37. The Morgan fingerprint density at radius 2 is 1.90 bits per heavy atom. The molecule has 30 heavy (non-hydrogen) atoms. The summed E-state index contributed by atoms with van der Waals surface area (Å²) in [5, 5.41) is 0. The van der Waals surface area contributed by atoms with Crippen molar-refractivity contribution in [3.8, 4) is 0 Å². The van der Waals surface area contributed by atoms with Crippen LogP contribution in [0.25, 0.3) is 0 Å². The zero-order chi connectivity index (χ0) is 21.4. The second kappa shape index (κ2) is 8.05. The second-order valence-electron chi connectivity index (χ2n) is 8.47. The number of nitrogens with one attached hydrogen (secondary N) is 1.